The Labute approximate surface area is 113 Å². The Kier molecular flexibility index (Phi) is 4.83. The predicted octanol–water partition coefficient (Wildman–Crippen LogP) is 2.48. The average molecular weight is 292 g/mol. The zero-order chi connectivity index (χ0) is 15.4. The van der Waals surface area contributed by atoms with Crippen LogP contribution in [0.4, 0.5) is 23.7 Å². The van der Waals surface area contributed by atoms with Crippen LogP contribution in [0.2, 0.25) is 0 Å². The summed E-state index contributed by atoms with van der Waals surface area (Å²) in [5, 5.41) is 14.2. The molecule has 1 rings (SSSR count). The molecule has 0 unspecified atom stereocenters. The van der Waals surface area contributed by atoms with Gasteiger partial charge in [0.15, 0.2) is 0 Å². The quantitative estimate of drug-likeness (QED) is 0.798. The van der Waals surface area contributed by atoms with Gasteiger partial charge in [0.2, 0.25) is 0 Å². The van der Waals surface area contributed by atoms with Crippen LogP contribution in [0, 0.1) is 0 Å². The van der Waals surface area contributed by atoms with Gasteiger partial charge in [0.25, 0.3) is 0 Å². The van der Waals surface area contributed by atoms with Gasteiger partial charge in [0.05, 0.1) is 5.60 Å². The van der Waals surface area contributed by atoms with E-state index in [0.717, 1.165) is 12.1 Å². The summed E-state index contributed by atoms with van der Waals surface area (Å²) in [6.45, 7) is 3.08. The third kappa shape index (κ3) is 6.83. The summed E-state index contributed by atoms with van der Waals surface area (Å²) in [7, 11) is 0. The Morgan fingerprint density at radius 2 is 1.80 bits per heavy atom. The number of carbonyl (C=O) groups is 1. The number of hydrogen-bond donors (Lipinski definition) is 3. The van der Waals surface area contributed by atoms with Crippen molar-refractivity contribution in [3.05, 3.63) is 24.3 Å². The molecule has 1 aromatic rings. The molecule has 0 aliphatic carbocycles. The largest absolute Gasteiger partial charge is 0.573 e. The minimum Gasteiger partial charge on any atom is -0.406 e. The van der Waals surface area contributed by atoms with E-state index in [1.807, 2.05) is 0 Å². The second kappa shape index (κ2) is 6.00. The number of halogens is 3. The zero-order valence-corrected chi connectivity index (χ0v) is 10.9. The van der Waals surface area contributed by atoms with E-state index in [1.165, 1.54) is 26.0 Å². The molecule has 112 valence electrons. The molecule has 0 aliphatic rings. The van der Waals surface area contributed by atoms with E-state index in [2.05, 4.69) is 15.4 Å². The molecule has 2 amide bonds. The van der Waals surface area contributed by atoms with Crippen LogP contribution < -0.4 is 15.4 Å². The van der Waals surface area contributed by atoms with Gasteiger partial charge < -0.3 is 20.5 Å². The number of hydrogen-bond acceptors (Lipinski definition) is 3. The predicted molar refractivity (Wildman–Crippen MR) is 66.4 cm³/mol. The molecule has 0 aromatic heterocycles. The van der Waals surface area contributed by atoms with Crippen LogP contribution >= 0.6 is 0 Å². The number of benzene rings is 1. The molecule has 3 N–H and O–H groups in total. The highest BCUT2D eigenvalue weighted by Gasteiger charge is 2.30. The lowest BCUT2D eigenvalue weighted by Crippen LogP contribution is -2.40. The highest BCUT2D eigenvalue weighted by atomic mass is 19.4. The molecule has 0 spiro atoms. The Morgan fingerprint density at radius 1 is 1.25 bits per heavy atom. The standard InChI is InChI=1S/C12H15F3N2O3/c1-11(2,19)7-16-10(18)17-8-3-5-9(6-4-8)20-12(13,14)15/h3-6,19H,7H2,1-2H3,(H2,16,17,18). The van der Waals surface area contributed by atoms with Gasteiger partial charge in [-0.15, -0.1) is 13.2 Å². The Hall–Kier alpha value is -1.96. The lowest BCUT2D eigenvalue weighted by Gasteiger charge is -2.18. The molecule has 20 heavy (non-hydrogen) atoms. The van der Waals surface area contributed by atoms with Crippen molar-refractivity contribution in [1.82, 2.24) is 5.32 Å². The van der Waals surface area contributed by atoms with E-state index in [-0.39, 0.29) is 12.3 Å². The summed E-state index contributed by atoms with van der Waals surface area (Å²) in [6, 6.07) is 4.13. The van der Waals surface area contributed by atoms with Crippen LogP contribution in [0.25, 0.3) is 0 Å². The maximum absolute atomic E-state index is 11.9. The summed E-state index contributed by atoms with van der Waals surface area (Å²) in [5.41, 5.74) is -0.755. The fraction of sp³-hybridized carbons (Fsp3) is 0.417. The Balaban J connectivity index is 2.51. The van der Waals surface area contributed by atoms with Gasteiger partial charge in [0.1, 0.15) is 5.75 Å². The minimum absolute atomic E-state index is 0.0358. The number of anilines is 1. The van der Waals surface area contributed by atoms with Crippen molar-refractivity contribution in [2.75, 3.05) is 11.9 Å². The monoisotopic (exact) mass is 292 g/mol. The molecule has 0 saturated heterocycles. The highest BCUT2D eigenvalue weighted by molar-refractivity contribution is 5.89. The molecule has 0 atom stereocenters. The van der Waals surface area contributed by atoms with E-state index >= 15 is 0 Å². The molecule has 0 fully saturated rings. The molecule has 8 heteroatoms. The fourth-order valence-electron chi connectivity index (χ4n) is 1.21. The number of ether oxygens (including phenoxy) is 1. The average Bonchev–Trinajstić information content (AvgIpc) is 2.26. The first-order chi connectivity index (χ1) is 9.05. The van der Waals surface area contributed by atoms with Gasteiger partial charge in [-0.25, -0.2) is 4.79 Å². The van der Waals surface area contributed by atoms with E-state index < -0.39 is 18.0 Å². The van der Waals surface area contributed by atoms with Gasteiger partial charge in [-0.3, -0.25) is 0 Å². The van der Waals surface area contributed by atoms with Crippen molar-refractivity contribution < 1.29 is 27.8 Å². The third-order valence-electron chi connectivity index (χ3n) is 2.03. The molecule has 0 bridgehead atoms. The van der Waals surface area contributed by atoms with Crippen LogP contribution in [0.15, 0.2) is 24.3 Å². The number of carbonyl (C=O) groups excluding carboxylic acids is 1. The van der Waals surface area contributed by atoms with Gasteiger partial charge >= 0.3 is 12.4 Å². The summed E-state index contributed by atoms with van der Waals surface area (Å²) in [6.07, 6.45) is -4.75. The van der Waals surface area contributed by atoms with Crippen molar-refractivity contribution in [3.63, 3.8) is 0 Å². The first-order valence-corrected chi connectivity index (χ1v) is 5.68. The van der Waals surface area contributed by atoms with Gasteiger partial charge in [0, 0.05) is 12.2 Å². The molecule has 0 radical (unpaired) electrons. The number of rotatable bonds is 4. The van der Waals surface area contributed by atoms with Crippen LogP contribution in [0.3, 0.4) is 0 Å². The second-order valence-corrected chi connectivity index (χ2v) is 4.69. The van der Waals surface area contributed by atoms with Crippen LogP contribution in [-0.4, -0.2) is 29.6 Å². The number of urea groups is 1. The zero-order valence-electron chi connectivity index (χ0n) is 10.9. The van der Waals surface area contributed by atoms with Gasteiger partial charge in [-0.05, 0) is 38.1 Å². The summed E-state index contributed by atoms with van der Waals surface area (Å²) >= 11 is 0. The number of nitrogens with one attached hydrogen (secondary N) is 2. The minimum atomic E-state index is -4.75. The molecule has 0 saturated carbocycles. The number of alkyl halides is 3. The third-order valence-corrected chi connectivity index (χ3v) is 2.03. The topological polar surface area (TPSA) is 70.6 Å². The molecule has 0 aliphatic heterocycles. The Morgan fingerprint density at radius 3 is 2.25 bits per heavy atom. The van der Waals surface area contributed by atoms with E-state index in [1.54, 1.807) is 0 Å². The number of aliphatic hydroxyl groups is 1. The smallest absolute Gasteiger partial charge is 0.406 e. The van der Waals surface area contributed by atoms with E-state index in [9.17, 15) is 23.1 Å². The fourth-order valence-corrected chi connectivity index (χ4v) is 1.21. The maximum Gasteiger partial charge on any atom is 0.573 e. The van der Waals surface area contributed by atoms with Crippen molar-refractivity contribution in [2.24, 2.45) is 0 Å². The number of amides is 2. The lowest BCUT2D eigenvalue weighted by atomic mass is 10.1. The molecule has 0 heterocycles. The van der Waals surface area contributed by atoms with Crippen molar-refractivity contribution in [2.45, 2.75) is 25.8 Å². The molecular formula is C12H15F3N2O3. The van der Waals surface area contributed by atoms with Crippen molar-refractivity contribution in [1.29, 1.82) is 0 Å². The van der Waals surface area contributed by atoms with Crippen LogP contribution in [0.5, 0.6) is 5.75 Å². The molecule has 1 aromatic carbocycles. The first-order valence-electron chi connectivity index (χ1n) is 5.68. The second-order valence-electron chi connectivity index (χ2n) is 4.69. The normalized spacial score (nSPS) is 11.9. The van der Waals surface area contributed by atoms with Gasteiger partial charge in [-0.1, -0.05) is 0 Å². The maximum atomic E-state index is 11.9. The lowest BCUT2D eigenvalue weighted by molar-refractivity contribution is -0.274. The van der Waals surface area contributed by atoms with E-state index in [4.69, 9.17) is 0 Å². The van der Waals surface area contributed by atoms with Crippen LogP contribution in [0.1, 0.15) is 13.8 Å². The summed E-state index contributed by atoms with van der Waals surface area (Å²) in [5.74, 6) is -0.375. The van der Waals surface area contributed by atoms with Crippen molar-refractivity contribution >= 4 is 11.7 Å². The molecular weight excluding hydrogens is 277 g/mol. The molecule has 5 nitrogen and oxygen atoms in total. The highest BCUT2D eigenvalue weighted by Crippen LogP contribution is 2.23. The van der Waals surface area contributed by atoms with E-state index in [0.29, 0.717) is 5.69 Å². The summed E-state index contributed by atoms with van der Waals surface area (Å²) in [4.78, 5) is 11.4. The van der Waals surface area contributed by atoms with Gasteiger partial charge in [-0.2, -0.15) is 0 Å². The van der Waals surface area contributed by atoms with Crippen LogP contribution in [-0.2, 0) is 0 Å². The summed E-state index contributed by atoms with van der Waals surface area (Å²) < 4.78 is 39.5. The SMILES string of the molecule is CC(C)(O)CNC(=O)Nc1ccc(OC(F)(F)F)cc1. The van der Waals surface area contributed by atoms with Crippen molar-refractivity contribution in [3.8, 4) is 5.75 Å². The first kappa shape index (κ1) is 16.1. The Bertz CT molecular complexity index is 453.